The Hall–Kier alpha value is -2.08. The van der Waals surface area contributed by atoms with Gasteiger partial charge in [-0.05, 0) is 60.0 Å². The van der Waals surface area contributed by atoms with E-state index < -0.39 is 66.5 Å². The second-order valence-electron chi connectivity index (χ2n) is 10.2. The van der Waals surface area contributed by atoms with Crippen LogP contribution >= 0.6 is 0 Å². The van der Waals surface area contributed by atoms with E-state index in [0.29, 0.717) is 32.1 Å². The van der Waals surface area contributed by atoms with Gasteiger partial charge in [-0.15, -0.1) is 0 Å². The van der Waals surface area contributed by atoms with E-state index in [2.05, 4.69) is 10.6 Å². The summed E-state index contributed by atoms with van der Waals surface area (Å²) in [5.74, 6) is -3.68. The van der Waals surface area contributed by atoms with Crippen LogP contribution in [0, 0.1) is 5.92 Å². The number of hydrogen-bond donors (Lipinski definition) is 5. The molecule has 0 aromatic rings. The molecular formula is C26H49N3O8. The van der Waals surface area contributed by atoms with Crippen LogP contribution < -0.4 is 10.6 Å². The van der Waals surface area contributed by atoms with Crippen LogP contribution in [0.5, 0.6) is 0 Å². The number of ketones is 1. The second kappa shape index (κ2) is 16.7. The lowest BCUT2D eigenvalue weighted by molar-refractivity contribution is -0.186. The number of aliphatic hydroxyl groups is 2. The molecule has 0 saturated carbocycles. The third kappa shape index (κ3) is 11.1. The zero-order valence-corrected chi connectivity index (χ0v) is 23.7. The van der Waals surface area contributed by atoms with E-state index >= 15 is 0 Å². The molecule has 216 valence electrons. The standard InChI is InChI=1S/C26H49N3O8/c1-9-11-20(28-7)24(34)37-26(25(35)36,14-18(4)31)15-21(32)22(16(2)12-10-13-17(3)30)29(8)23(33)19(5)27-6/h16-20,22,27-28,30-31H,9-15H2,1-8H3,(H,35,36)/t16-,17?,18?,19-,20-,22-,26?/m0/s1. The lowest BCUT2D eigenvalue weighted by atomic mass is 9.83. The predicted molar refractivity (Wildman–Crippen MR) is 140 cm³/mol. The minimum Gasteiger partial charge on any atom is -0.478 e. The van der Waals surface area contributed by atoms with E-state index in [9.17, 15) is 34.5 Å². The Balaban J connectivity index is 6.32. The largest absolute Gasteiger partial charge is 0.478 e. The van der Waals surface area contributed by atoms with Crippen molar-refractivity contribution >= 4 is 23.6 Å². The molecule has 0 aromatic heterocycles. The van der Waals surface area contributed by atoms with E-state index in [0.717, 1.165) is 0 Å². The van der Waals surface area contributed by atoms with Gasteiger partial charge in [0.2, 0.25) is 11.5 Å². The van der Waals surface area contributed by atoms with Gasteiger partial charge in [-0.1, -0.05) is 26.7 Å². The summed E-state index contributed by atoms with van der Waals surface area (Å²) >= 11 is 0. The molecule has 0 spiro atoms. The number of carboxylic acids is 1. The van der Waals surface area contributed by atoms with Crippen molar-refractivity contribution in [2.75, 3.05) is 21.1 Å². The molecule has 0 saturated heterocycles. The molecule has 11 heteroatoms. The zero-order chi connectivity index (χ0) is 28.9. The highest BCUT2D eigenvalue weighted by Gasteiger charge is 2.49. The highest BCUT2D eigenvalue weighted by molar-refractivity contribution is 5.95. The maximum absolute atomic E-state index is 13.8. The molecule has 5 N–H and O–H groups in total. The number of carbonyl (C=O) groups excluding carboxylic acids is 3. The molecule has 1 amide bonds. The Morgan fingerprint density at radius 1 is 0.946 bits per heavy atom. The minimum absolute atomic E-state index is 0.352. The summed E-state index contributed by atoms with van der Waals surface area (Å²) in [7, 11) is 4.66. The Morgan fingerprint density at radius 2 is 1.54 bits per heavy atom. The number of nitrogens with one attached hydrogen (secondary N) is 2. The molecule has 0 bridgehead atoms. The van der Waals surface area contributed by atoms with Crippen LogP contribution in [0.3, 0.4) is 0 Å². The number of carboxylic acid groups (broad SMARTS) is 1. The van der Waals surface area contributed by atoms with Crippen LogP contribution in [0.15, 0.2) is 0 Å². The molecule has 0 aliphatic carbocycles. The molecule has 0 aliphatic heterocycles. The molecule has 7 atom stereocenters. The van der Waals surface area contributed by atoms with Gasteiger partial charge >= 0.3 is 11.9 Å². The van der Waals surface area contributed by atoms with E-state index in [1.807, 2.05) is 6.92 Å². The first-order chi connectivity index (χ1) is 17.2. The van der Waals surface area contributed by atoms with Crippen molar-refractivity contribution in [1.82, 2.24) is 15.5 Å². The average molecular weight is 532 g/mol. The van der Waals surface area contributed by atoms with Crippen molar-refractivity contribution in [1.29, 1.82) is 0 Å². The maximum Gasteiger partial charge on any atom is 0.348 e. The fraction of sp³-hybridized carbons (Fsp3) is 0.846. The summed E-state index contributed by atoms with van der Waals surface area (Å²) in [6, 6.07) is -2.36. The lowest BCUT2D eigenvalue weighted by Gasteiger charge is -2.37. The van der Waals surface area contributed by atoms with Crippen LogP contribution in [-0.2, 0) is 23.9 Å². The number of aliphatic carboxylic acids is 1. The fourth-order valence-electron chi connectivity index (χ4n) is 4.53. The molecule has 0 aromatic carbocycles. The average Bonchev–Trinajstić information content (AvgIpc) is 2.80. The number of aliphatic hydroxyl groups excluding tert-OH is 2. The Bertz CT molecular complexity index is 745. The van der Waals surface area contributed by atoms with Gasteiger partial charge in [0.25, 0.3) is 0 Å². The fourth-order valence-corrected chi connectivity index (χ4v) is 4.53. The van der Waals surface area contributed by atoms with Crippen molar-refractivity contribution in [2.45, 2.75) is 115 Å². The first-order valence-corrected chi connectivity index (χ1v) is 13.1. The van der Waals surface area contributed by atoms with Crippen molar-refractivity contribution < 1.29 is 39.2 Å². The number of esters is 1. The van der Waals surface area contributed by atoms with Crippen LogP contribution in [0.4, 0.5) is 0 Å². The summed E-state index contributed by atoms with van der Waals surface area (Å²) in [5.41, 5.74) is -2.30. The molecular weight excluding hydrogens is 482 g/mol. The van der Waals surface area contributed by atoms with Gasteiger partial charge in [-0.2, -0.15) is 0 Å². The molecule has 0 heterocycles. The molecule has 0 fully saturated rings. The van der Waals surface area contributed by atoms with Crippen LogP contribution in [0.1, 0.15) is 79.6 Å². The summed E-state index contributed by atoms with van der Waals surface area (Å²) in [5, 5.41) is 35.5. The topological polar surface area (TPSA) is 165 Å². The summed E-state index contributed by atoms with van der Waals surface area (Å²) in [4.78, 5) is 53.5. The van der Waals surface area contributed by atoms with Crippen molar-refractivity contribution in [3.05, 3.63) is 0 Å². The number of Topliss-reactive ketones (excluding diaryl/α,β-unsaturated/α-hetero) is 1. The molecule has 0 radical (unpaired) electrons. The van der Waals surface area contributed by atoms with Gasteiger partial charge in [-0.3, -0.25) is 14.4 Å². The first-order valence-electron chi connectivity index (χ1n) is 13.1. The molecule has 0 aliphatic rings. The second-order valence-corrected chi connectivity index (χ2v) is 10.2. The normalized spacial score (nSPS) is 18.0. The van der Waals surface area contributed by atoms with E-state index in [-0.39, 0.29) is 11.8 Å². The minimum atomic E-state index is -2.30. The SMILES string of the molecule is CCC[C@H](NC)C(=O)OC(CC(=O)[C@H]([C@@H](C)CCCC(C)O)N(C)C(=O)[C@H](C)NC)(CC(C)O)C(=O)O. The van der Waals surface area contributed by atoms with Gasteiger partial charge in [-0.25, -0.2) is 4.79 Å². The Labute approximate surface area is 221 Å². The number of likely N-dealkylation sites (N-methyl/N-ethyl adjacent to an activating group) is 3. The number of nitrogens with zero attached hydrogens (tertiary/aromatic N) is 1. The van der Waals surface area contributed by atoms with E-state index in [4.69, 9.17) is 4.74 Å². The van der Waals surface area contributed by atoms with E-state index in [1.54, 1.807) is 34.9 Å². The van der Waals surface area contributed by atoms with Crippen molar-refractivity contribution in [2.24, 2.45) is 5.92 Å². The number of hydrogen-bond acceptors (Lipinski definition) is 9. The number of rotatable bonds is 19. The van der Waals surface area contributed by atoms with Gasteiger partial charge in [0.1, 0.15) is 6.04 Å². The monoisotopic (exact) mass is 531 g/mol. The van der Waals surface area contributed by atoms with Gasteiger partial charge in [0, 0.05) is 13.5 Å². The Morgan fingerprint density at radius 3 is 1.97 bits per heavy atom. The Kier molecular flexibility index (Phi) is 15.8. The zero-order valence-electron chi connectivity index (χ0n) is 23.7. The van der Waals surface area contributed by atoms with E-state index in [1.165, 1.54) is 18.9 Å². The van der Waals surface area contributed by atoms with Crippen molar-refractivity contribution in [3.63, 3.8) is 0 Å². The smallest absolute Gasteiger partial charge is 0.348 e. The van der Waals surface area contributed by atoms with Crippen LogP contribution in [-0.4, -0.2) is 101 Å². The van der Waals surface area contributed by atoms with Crippen LogP contribution in [0.25, 0.3) is 0 Å². The summed E-state index contributed by atoms with van der Waals surface area (Å²) in [6.07, 6.45) is -0.249. The first kappa shape index (κ1) is 34.9. The van der Waals surface area contributed by atoms with Crippen molar-refractivity contribution in [3.8, 4) is 0 Å². The predicted octanol–water partition coefficient (Wildman–Crippen LogP) is 1.09. The summed E-state index contributed by atoms with van der Waals surface area (Å²) < 4.78 is 5.51. The van der Waals surface area contributed by atoms with Gasteiger partial charge in [0.05, 0.1) is 30.7 Å². The molecule has 37 heavy (non-hydrogen) atoms. The summed E-state index contributed by atoms with van der Waals surface area (Å²) in [6.45, 7) is 8.34. The quantitative estimate of drug-likeness (QED) is 0.152. The highest BCUT2D eigenvalue weighted by atomic mass is 16.6. The maximum atomic E-state index is 13.8. The third-order valence-electron chi connectivity index (χ3n) is 6.70. The lowest BCUT2D eigenvalue weighted by Crippen LogP contribution is -2.56. The van der Waals surface area contributed by atoms with Gasteiger partial charge < -0.3 is 35.6 Å². The van der Waals surface area contributed by atoms with Crippen LogP contribution in [0.2, 0.25) is 0 Å². The number of amides is 1. The molecule has 11 nitrogen and oxygen atoms in total. The number of ether oxygens (including phenoxy) is 1. The number of carbonyl (C=O) groups is 4. The molecule has 3 unspecified atom stereocenters. The van der Waals surface area contributed by atoms with Gasteiger partial charge in [0.15, 0.2) is 5.78 Å². The third-order valence-corrected chi connectivity index (χ3v) is 6.70. The molecule has 0 rings (SSSR count). The highest BCUT2D eigenvalue weighted by Crippen LogP contribution is 2.29.